The molecule has 2 heterocycles. The minimum absolute atomic E-state index is 0. The van der Waals surface area contributed by atoms with Gasteiger partial charge in [-0.25, -0.2) is 0 Å². The van der Waals surface area contributed by atoms with Gasteiger partial charge in [-0.15, -0.1) is 24.0 Å². The largest absolute Gasteiger partial charge is 0.379 e. The Morgan fingerprint density at radius 1 is 1.17 bits per heavy atom. The second-order valence-corrected chi connectivity index (χ2v) is 8.66. The van der Waals surface area contributed by atoms with Crippen LogP contribution in [0.15, 0.2) is 29.3 Å². The van der Waals surface area contributed by atoms with Crippen LogP contribution in [-0.2, 0) is 11.3 Å². The Labute approximate surface area is 199 Å². The first-order valence-corrected chi connectivity index (χ1v) is 11.2. The van der Waals surface area contributed by atoms with Crippen LogP contribution in [0.25, 0.3) is 0 Å². The zero-order valence-electron chi connectivity index (χ0n) is 18.9. The molecule has 0 radical (unpaired) electrons. The zero-order chi connectivity index (χ0) is 20.5. The molecule has 0 spiro atoms. The number of aliphatic imine (C=N–C) groups is 1. The van der Waals surface area contributed by atoms with E-state index in [1.54, 1.807) is 0 Å². The van der Waals surface area contributed by atoms with Crippen LogP contribution in [0.5, 0.6) is 0 Å². The number of nitrogens with zero attached hydrogens (tertiary/aromatic N) is 3. The highest BCUT2D eigenvalue weighted by atomic mass is 127. The number of halogens is 1. The molecule has 2 saturated heterocycles. The molecule has 30 heavy (non-hydrogen) atoms. The summed E-state index contributed by atoms with van der Waals surface area (Å²) in [6.45, 7) is 13.7. The number of hydrogen-bond donors (Lipinski definition) is 2. The Morgan fingerprint density at radius 2 is 1.90 bits per heavy atom. The summed E-state index contributed by atoms with van der Waals surface area (Å²) in [5.74, 6) is 1.53. The lowest BCUT2D eigenvalue weighted by Crippen LogP contribution is -2.49. The molecule has 0 aromatic heterocycles. The van der Waals surface area contributed by atoms with Crippen molar-refractivity contribution in [3.8, 4) is 0 Å². The van der Waals surface area contributed by atoms with Crippen LogP contribution in [-0.4, -0.2) is 81.3 Å². The van der Waals surface area contributed by atoms with Crippen molar-refractivity contribution in [1.82, 2.24) is 20.4 Å². The average Bonchev–Trinajstić information content (AvgIpc) is 2.73. The van der Waals surface area contributed by atoms with Crippen molar-refractivity contribution in [3.05, 3.63) is 35.4 Å². The number of benzene rings is 1. The van der Waals surface area contributed by atoms with E-state index >= 15 is 0 Å². The van der Waals surface area contributed by atoms with Crippen molar-refractivity contribution < 1.29 is 4.74 Å². The van der Waals surface area contributed by atoms with Gasteiger partial charge in [0.1, 0.15) is 0 Å². The van der Waals surface area contributed by atoms with Gasteiger partial charge in [-0.1, -0.05) is 36.8 Å². The third kappa shape index (κ3) is 8.69. The van der Waals surface area contributed by atoms with Gasteiger partial charge in [-0.2, -0.15) is 0 Å². The van der Waals surface area contributed by atoms with Crippen LogP contribution in [0.1, 0.15) is 30.9 Å². The first-order valence-electron chi connectivity index (χ1n) is 11.2. The van der Waals surface area contributed by atoms with Crippen molar-refractivity contribution in [1.29, 1.82) is 0 Å². The number of morpholine rings is 1. The molecule has 3 rings (SSSR count). The lowest BCUT2D eigenvalue weighted by atomic mass is 10.0. The summed E-state index contributed by atoms with van der Waals surface area (Å²) >= 11 is 0. The summed E-state index contributed by atoms with van der Waals surface area (Å²) in [7, 11) is 1.87. The summed E-state index contributed by atoms with van der Waals surface area (Å²) in [5.41, 5.74) is 2.76. The summed E-state index contributed by atoms with van der Waals surface area (Å²) in [6.07, 6.45) is 2.33. The van der Waals surface area contributed by atoms with Gasteiger partial charge in [0.15, 0.2) is 5.96 Å². The van der Waals surface area contributed by atoms with E-state index in [-0.39, 0.29) is 24.0 Å². The van der Waals surface area contributed by atoms with E-state index < -0.39 is 0 Å². The van der Waals surface area contributed by atoms with Crippen molar-refractivity contribution in [2.45, 2.75) is 39.3 Å². The highest BCUT2D eigenvalue weighted by molar-refractivity contribution is 14.0. The van der Waals surface area contributed by atoms with Crippen molar-refractivity contribution in [2.24, 2.45) is 10.9 Å². The van der Waals surface area contributed by atoms with E-state index in [0.717, 1.165) is 77.8 Å². The number of piperidine rings is 1. The van der Waals surface area contributed by atoms with E-state index in [4.69, 9.17) is 4.74 Å². The van der Waals surface area contributed by atoms with Crippen LogP contribution in [0, 0.1) is 12.8 Å². The van der Waals surface area contributed by atoms with E-state index in [9.17, 15) is 0 Å². The van der Waals surface area contributed by atoms with Crippen LogP contribution in [0.4, 0.5) is 0 Å². The number of nitrogens with one attached hydrogen (secondary N) is 2. The third-order valence-corrected chi connectivity index (χ3v) is 5.93. The molecule has 170 valence electrons. The number of aryl methyl sites for hydroxylation is 1. The molecule has 0 amide bonds. The Balaban J connectivity index is 0.00000320. The smallest absolute Gasteiger partial charge is 0.191 e. The molecule has 7 heteroatoms. The number of rotatable bonds is 7. The third-order valence-electron chi connectivity index (χ3n) is 5.93. The lowest BCUT2D eigenvalue weighted by Gasteiger charge is -2.33. The molecule has 0 aliphatic carbocycles. The molecule has 1 atom stereocenters. The van der Waals surface area contributed by atoms with Gasteiger partial charge >= 0.3 is 0 Å². The van der Waals surface area contributed by atoms with Gasteiger partial charge in [0.25, 0.3) is 0 Å². The predicted octanol–water partition coefficient (Wildman–Crippen LogP) is 2.71. The van der Waals surface area contributed by atoms with Crippen LogP contribution in [0.2, 0.25) is 0 Å². The van der Waals surface area contributed by atoms with Crippen molar-refractivity contribution >= 4 is 29.9 Å². The topological polar surface area (TPSA) is 52.1 Å². The monoisotopic (exact) mass is 529 g/mol. The lowest BCUT2D eigenvalue weighted by molar-refractivity contribution is 0.0320. The molecule has 2 aliphatic rings. The summed E-state index contributed by atoms with van der Waals surface area (Å²) in [4.78, 5) is 9.50. The quantitative estimate of drug-likeness (QED) is 0.323. The normalized spacial score (nSPS) is 20.4. The fourth-order valence-electron chi connectivity index (χ4n) is 4.25. The van der Waals surface area contributed by atoms with Gasteiger partial charge in [0.2, 0.25) is 0 Å². The maximum absolute atomic E-state index is 5.44. The van der Waals surface area contributed by atoms with E-state index in [1.165, 1.54) is 11.1 Å². The van der Waals surface area contributed by atoms with Crippen molar-refractivity contribution in [2.75, 3.05) is 59.5 Å². The zero-order valence-corrected chi connectivity index (χ0v) is 21.2. The fraction of sp³-hybridized carbons (Fsp3) is 0.696. The molecule has 1 aromatic carbocycles. The van der Waals surface area contributed by atoms with Gasteiger partial charge in [0.05, 0.1) is 13.2 Å². The maximum Gasteiger partial charge on any atom is 0.191 e. The fourth-order valence-corrected chi connectivity index (χ4v) is 4.25. The molecular formula is C23H40IN5O. The van der Waals surface area contributed by atoms with Gasteiger partial charge in [-0.3, -0.25) is 14.8 Å². The van der Waals surface area contributed by atoms with E-state index in [1.807, 2.05) is 7.05 Å². The van der Waals surface area contributed by atoms with Crippen LogP contribution in [0.3, 0.4) is 0 Å². The summed E-state index contributed by atoms with van der Waals surface area (Å²) < 4.78 is 5.44. The molecule has 2 N–H and O–H groups in total. The molecule has 0 bridgehead atoms. The Hall–Kier alpha value is -0.900. The first-order chi connectivity index (χ1) is 14.1. The highest BCUT2D eigenvalue weighted by Crippen LogP contribution is 2.14. The van der Waals surface area contributed by atoms with Crippen molar-refractivity contribution in [3.63, 3.8) is 0 Å². The summed E-state index contributed by atoms with van der Waals surface area (Å²) in [6, 6.07) is 9.37. The van der Waals surface area contributed by atoms with Gasteiger partial charge in [0, 0.05) is 58.9 Å². The highest BCUT2D eigenvalue weighted by Gasteiger charge is 2.20. The molecule has 6 nitrogen and oxygen atoms in total. The second kappa shape index (κ2) is 13.5. The number of guanidine groups is 1. The van der Waals surface area contributed by atoms with Gasteiger partial charge < -0.3 is 15.4 Å². The van der Waals surface area contributed by atoms with Crippen LogP contribution < -0.4 is 10.6 Å². The summed E-state index contributed by atoms with van der Waals surface area (Å²) in [5, 5.41) is 7.17. The maximum atomic E-state index is 5.44. The number of likely N-dealkylation sites (tertiary alicyclic amines) is 1. The number of hydrogen-bond acceptors (Lipinski definition) is 4. The minimum Gasteiger partial charge on any atom is -0.379 e. The molecule has 1 aromatic rings. The van der Waals surface area contributed by atoms with Crippen LogP contribution >= 0.6 is 24.0 Å². The minimum atomic E-state index is 0. The molecular weight excluding hydrogens is 489 g/mol. The number of ether oxygens (including phenoxy) is 1. The second-order valence-electron chi connectivity index (χ2n) is 8.66. The van der Waals surface area contributed by atoms with E-state index in [2.05, 4.69) is 63.5 Å². The SMILES string of the molecule is CN=C(NCC(C)CN1CCOCC1)NC1CCN(Cc2cccc(C)c2)CC1.I. The Kier molecular flexibility index (Phi) is 11.4. The van der Waals surface area contributed by atoms with E-state index in [0.29, 0.717) is 12.0 Å². The Bertz CT molecular complexity index is 642. The Morgan fingerprint density at radius 3 is 2.57 bits per heavy atom. The molecule has 2 fully saturated rings. The average molecular weight is 530 g/mol. The molecule has 1 unspecified atom stereocenters. The standard InChI is InChI=1S/C23H39N5O.HI/c1-19-5-4-6-21(15-19)18-27-9-7-22(8-10-27)26-23(24-3)25-16-20(2)17-28-11-13-29-14-12-28;/h4-6,15,20,22H,7-14,16-18H2,1-3H3,(H2,24,25,26);1H. The van der Waals surface area contributed by atoms with Gasteiger partial charge in [-0.05, 0) is 31.2 Å². The molecule has 2 aliphatic heterocycles. The predicted molar refractivity (Wildman–Crippen MR) is 136 cm³/mol. The molecule has 0 saturated carbocycles. The first kappa shape index (κ1) is 25.4.